The van der Waals surface area contributed by atoms with Gasteiger partial charge in [-0.2, -0.15) is 0 Å². The maximum absolute atomic E-state index is 11.7. The van der Waals surface area contributed by atoms with Crippen molar-refractivity contribution in [2.75, 3.05) is 40.4 Å². The molecule has 2 rings (SSSR count). The first kappa shape index (κ1) is 24.6. The topological polar surface area (TPSA) is 75.2 Å². The number of nitrogens with zero attached hydrogens (tertiary/aromatic N) is 2. The summed E-state index contributed by atoms with van der Waals surface area (Å²) in [4.78, 5) is 17.8. The molecule has 0 radical (unpaired) electrons. The van der Waals surface area contributed by atoms with Crippen molar-refractivity contribution in [3.05, 3.63) is 35.4 Å². The Bertz CT molecular complexity index is 602. The Kier molecular flexibility index (Phi) is 12.1. The fourth-order valence-electron chi connectivity index (χ4n) is 2.63. The molecule has 1 aromatic rings. The molecule has 0 atom stereocenters. The molecule has 0 aromatic heterocycles. The first-order chi connectivity index (χ1) is 13.1. The minimum atomic E-state index is 0. The maximum Gasteiger partial charge on any atom is 0.241 e. The third-order valence-electron chi connectivity index (χ3n) is 4.35. The molecule has 1 heterocycles. The Morgan fingerprint density at radius 2 is 1.82 bits per heavy atom. The van der Waals surface area contributed by atoms with E-state index in [-0.39, 0.29) is 36.4 Å². The minimum Gasteiger partial charge on any atom is -0.381 e. The molecule has 1 saturated heterocycles. The van der Waals surface area contributed by atoms with Crippen LogP contribution in [-0.4, -0.2) is 63.3 Å². The Labute approximate surface area is 185 Å². The molecule has 1 amide bonds. The van der Waals surface area contributed by atoms with E-state index in [1.165, 1.54) is 0 Å². The third kappa shape index (κ3) is 9.20. The number of amides is 1. The summed E-state index contributed by atoms with van der Waals surface area (Å²) in [7, 11) is 3.47. The van der Waals surface area contributed by atoms with Crippen LogP contribution in [-0.2, 0) is 27.4 Å². The zero-order valence-electron chi connectivity index (χ0n) is 17.1. The zero-order valence-corrected chi connectivity index (χ0v) is 19.4. The smallest absolute Gasteiger partial charge is 0.241 e. The van der Waals surface area contributed by atoms with Crippen molar-refractivity contribution in [1.29, 1.82) is 0 Å². The van der Waals surface area contributed by atoms with Crippen LogP contribution in [0.5, 0.6) is 0 Å². The quantitative estimate of drug-likeness (QED) is 0.323. The number of likely N-dealkylation sites (N-methyl/N-ethyl adjacent to an activating group) is 1. The van der Waals surface area contributed by atoms with E-state index in [1.54, 1.807) is 19.0 Å². The van der Waals surface area contributed by atoms with E-state index >= 15 is 0 Å². The fourth-order valence-corrected chi connectivity index (χ4v) is 2.63. The van der Waals surface area contributed by atoms with Crippen LogP contribution in [0.25, 0.3) is 0 Å². The number of carbonyl (C=O) groups excluding carboxylic acids is 1. The molecule has 0 aliphatic carbocycles. The summed E-state index contributed by atoms with van der Waals surface area (Å²) in [5, 5.41) is 6.21. The number of ether oxygens (including phenoxy) is 2. The highest BCUT2D eigenvalue weighted by Crippen LogP contribution is 2.14. The van der Waals surface area contributed by atoms with Crippen LogP contribution in [0.4, 0.5) is 0 Å². The van der Waals surface area contributed by atoms with Gasteiger partial charge in [-0.3, -0.25) is 4.79 Å². The minimum absolute atomic E-state index is 0. The van der Waals surface area contributed by atoms with E-state index in [0.29, 0.717) is 25.2 Å². The molecule has 0 spiro atoms. The number of halogens is 1. The van der Waals surface area contributed by atoms with E-state index in [0.717, 1.165) is 43.7 Å². The van der Waals surface area contributed by atoms with Crippen LogP contribution < -0.4 is 10.6 Å². The van der Waals surface area contributed by atoms with Crippen molar-refractivity contribution in [2.24, 2.45) is 4.99 Å². The Balaban J connectivity index is 0.00000392. The van der Waals surface area contributed by atoms with E-state index < -0.39 is 0 Å². The standard InChI is InChI=1S/C20H32N4O3.HI/c1-4-21-20(23-14-19(25)24(2)3)22-13-16-5-7-17(8-6-16)15-27-18-9-11-26-12-10-18;/h5-8,18H,4,9-15H2,1-3H3,(H2,21,22,23);1H. The fraction of sp³-hybridized carbons (Fsp3) is 0.600. The number of rotatable bonds is 8. The van der Waals surface area contributed by atoms with Gasteiger partial charge >= 0.3 is 0 Å². The SMILES string of the molecule is CCNC(=NCc1ccc(COC2CCOCC2)cc1)NCC(=O)N(C)C.I. The number of aliphatic imine (C=N–C) groups is 1. The predicted octanol–water partition coefficient (Wildman–Crippen LogP) is 2.14. The summed E-state index contributed by atoms with van der Waals surface area (Å²) < 4.78 is 11.3. The van der Waals surface area contributed by atoms with Gasteiger partial charge in [-0.15, -0.1) is 24.0 Å². The maximum atomic E-state index is 11.7. The van der Waals surface area contributed by atoms with Gasteiger partial charge < -0.3 is 25.0 Å². The number of carbonyl (C=O) groups is 1. The highest BCUT2D eigenvalue weighted by atomic mass is 127. The predicted molar refractivity (Wildman–Crippen MR) is 122 cm³/mol. The highest BCUT2D eigenvalue weighted by molar-refractivity contribution is 14.0. The van der Waals surface area contributed by atoms with Crippen molar-refractivity contribution >= 4 is 35.8 Å². The van der Waals surface area contributed by atoms with Crippen molar-refractivity contribution in [1.82, 2.24) is 15.5 Å². The van der Waals surface area contributed by atoms with Gasteiger partial charge in [-0.1, -0.05) is 24.3 Å². The van der Waals surface area contributed by atoms with Crippen LogP contribution >= 0.6 is 24.0 Å². The molecule has 0 bridgehead atoms. The molecule has 1 aliphatic rings. The number of benzene rings is 1. The first-order valence-electron chi connectivity index (χ1n) is 9.58. The van der Waals surface area contributed by atoms with Crippen LogP contribution in [0.15, 0.2) is 29.3 Å². The van der Waals surface area contributed by atoms with Gasteiger partial charge in [0.05, 0.1) is 25.8 Å². The van der Waals surface area contributed by atoms with Gasteiger partial charge in [-0.05, 0) is 30.9 Å². The average molecular weight is 504 g/mol. The largest absolute Gasteiger partial charge is 0.381 e. The molecule has 2 N–H and O–H groups in total. The molecule has 0 unspecified atom stereocenters. The van der Waals surface area contributed by atoms with Crippen LogP contribution in [0, 0.1) is 0 Å². The van der Waals surface area contributed by atoms with Gasteiger partial charge in [0, 0.05) is 33.9 Å². The van der Waals surface area contributed by atoms with Gasteiger partial charge in [-0.25, -0.2) is 4.99 Å². The molecule has 1 aromatic carbocycles. The zero-order chi connectivity index (χ0) is 19.5. The van der Waals surface area contributed by atoms with Crippen molar-refractivity contribution in [3.8, 4) is 0 Å². The van der Waals surface area contributed by atoms with E-state index in [4.69, 9.17) is 9.47 Å². The van der Waals surface area contributed by atoms with Crippen LogP contribution in [0.2, 0.25) is 0 Å². The molecule has 7 nitrogen and oxygen atoms in total. The summed E-state index contributed by atoms with van der Waals surface area (Å²) in [5.41, 5.74) is 2.27. The summed E-state index contributed by atoms with van der Waals surface area (Å²) in [5.74, 6) is 0.647. The monoisotopic (exact) mass is 504 g/mol. The van der Waals surface area contributed by atoms with Crippen LogP contribution in [0.1, 0.15) is 30.9 Å². The normalized spacial score (nSPS) is 14.9. The lowest BCUT2D eigenvalue weighted by molar-refractivity contribution is -0.127. The van der Waals surface area contributed by atoms with Gasteiger partial charge in [0.15, 0.2) is 5.96 Å². The lowest BCUT2D eigenvalue weighted by atomic mass is 10.1. The van der Waals surface area contributed by atoms with E-state index in [2.05, 4.69) is 39.9 Å². The molecule has 158 valence electrons. The van der Waals surface area contributed by atoms with Gasteiger partial charge in [0.2, 0.25) is 5.91 Å². The summed E-state index contributed by atoms with van der Waals surface area (Å²) in [6, 6.07) is 8.31. The second-order valence-electron chi connectivity index (χ2n) is 6.78. The molecule has 1 fully saturated rings. The first-order valence-corrected chi connectivity index (χ1v) is 9.58. The van der Waals surface area contributed by atoms with Crippen molar-refractivity contribution < 1.29 is 14.3 Å². The van der Waals surface area contributed by atoms with Crippen LogP contribution in [0.3, 0.4) is 0 Å². The van der Waals surface area contributed by atoms with E-state index in [9.17, 15) is 4.79 Å². The molecule has 8 heteroatoms. The average Bonchev–Trinajstić information content (AvgIpc) is 2.69. The lowest BCUT2D eigenvalue weighted by Gasteiger charge is -2.22. The molecular weight excluding hydrogens is 471 g/mol. The van der Waals surface area contributed by atoms with Gasteiger partial charge in [0.25, 0.3) is 0 Å². The summed E-state index contributed by atoms with van der Waals surface area (Å²) in [6.45, 7) is 5.73. The molecule has 0 saturated carbocycles. The van der Waals surface area contributed by atoms with E-state index in [1.807, 2.05) is 6.92 Å². The Morgan fingerprint density at radius 3 is 2.43 bits per heavy atom. The molecular formula is C20H33IN4O3. The molecule has 1 aliphatic heterocycles. The Hall–Kier alpha value is -1.39. The third-order valence-corrected chi connectivity index (χ3v) is 4.35. The number of nitrogens with one attached hydrogen (secondary N) is 2. The molecule has 28 heavy (non-hydrogen) atoms. The highest BCUT2D eigenvalue weighted by Gasteiger charge is 2.13. The number of hydrogen-bond donors (Lipinski definition) is 2. The summed E-state index contributed by atoms with van der Waals surface area (Å²) >= 11 is 0. The second kappa shape index (κ2) is 13.7. The Morgan fingerprint density at radius 1 is 1.18 bits per heavy atom. The number of guanidine groups is 1. The lowest BCUT2D eigenvalue weighted by Crippen LogP contribution is -2.42. The second-order valence-corrected chi connectivity index (χ2v) is 6.78. The van der Waals surface area contributed by atoms with Crippen molar-refractivity contribution in [2.45, 2.75) is 39.0 Å². The number of hydrogen-bond acceptors (Lipinski definition) is 4. The van der Waals surface area contributed by atoms with Crippen molar-refractivity contribution in [3.63, 3.8) is 0 Å². The van der Waals surface area contributed by atoms with Gasteiger partial charge in [0.1, 0.15) is 0 Å². The summed E-state index contributed by atoms with van der Waals surface area (Å²) in [6.07, 6.45) is 2.26.